The van der Waals surface area contributed by atoms with E-state index in [1.807, 2.05) is 0 Å². The third-order valence-electron chi connectivity index (χ3n) is 1.10. The highest BCUT2D eigenvalue weighted by atomic mass is 16.7. The van der Waals surface area contributed by atoms with Gasteiger partial charge in [-0.25, -0.2) is 4.79 Å². The molecule has 0 aromatic carbocycles. The van der Waals surface area contributed by atoms with E-state index in [1.54, 1.807) is 6.07 Å². The van der Waals surface area contributed by atoms with Gasteiger partial charge in [0, 0.05) is 0 Å². The average molecular weight is 185 g/mol. The van der Waals surface area contributed by atoms with Crippen LogP contribution >= 0.6 is 0 Å². The van der Waals surface area contributed by atoms with Gasteiger partial charge in [-0.3, -0.25) is 0 Å². The number of hydrogen-bond donors (Lipinski definition) is 1. The van der Waals surface area contributed by atoms with E-state index >= 15 is 0 Å². The van der Waals surface area contributed by atoms with E-state index in [-0.39, 0.29) is 18.8 Å². The van der Waals surface area contributed by atoms with E-state index < -0.39 is 12.3 Å². The Hall–Kier alpha value is -1.38. The van der Waals surface area contributed by atoms with Gasteiger partial charge in [0.2, 0.25) is 6.29 Å². The van der Waals surface area contributed by atoms with Crippen LogP contribution in [-0.2, 0) is 14.3 Å². The van der Waals surface area contributed by atoms with Crippen molar-refractivity contribution in [3.05, 3.63) is 12.2 Å². The molecule has 0 aliphatic rings. The maximum absolute atomic E-state index is 10.9. The van der Waals surface area contributed by atoms with Crippen molar-refractivity contribution in [2.45, 2.75) is 13.2 Å². The zero-order valence-corrected chi connectivity index (χ0v) is 7.32. The molecule has 0 amide bonds. The van der Waals surface area contributed by atoms with Gasteiger partial charge in [-0.1, -0.05) is 6.58 Å². The summed E-state index contributed by atoms with van der Waals surface area (Å²) in [5.74, 6) is -0.812. The molecule has 0 aliphatic carbocycles. The standard InChI is InChI=1S/C8H11NO4/c1-6(5-9)8(11)13-7(2)12-4-3-10/h7,10H,1,3-4H2,2H3. The zero-order chi connectivity index (χ0) is 10.3. The van der Waals surface area contributed by atoms with Crippen LogP contribution in [0.15, 0.2) is 12.2 Å². The Balaban J connectivity index is 3.79. The topological polar surface area (TPSA) is 79.6 Å². The van der Waals surface area contributed by atoms with Crippen molar-refractivity contribution in [3.63, 3.8) is 0 Å². The van der Waals surface area contributed by atoms with Crippen molar-refractivity contribution < 1.29 is 19.4 Å². The molecule has 0 rings (SSSR count). The number of rotatable bonds is 5. The average Bonchev–Trinajstić information content (AvgIpc) is 2.13. The maximum atomic E-state index is 10.9. The predicted octanol–water partition coefficient (Wildman–Crippen LogP) is -0.0357. The minimum absolute atomic E-state index is 0.0769. The third kappa shape index (κ3) is 4.95. The molecule has 0 heterocycles. The molecule has 0 radical (unpaired) electrons. The Morgan fingerprint density at radius 2 is 2.38 bits per heavy atom. The molecular formula is C8H11NO4. The van der Waals surface area contributed by atoms with Crippen molar-refractivity contribution in [2.24, 2.45) is 0 Å². The predicted molar refractivity (Wildman–Crippen MR) is 43.3 cm³/mol. The molecule has 1 N–H and O–H groups in total. The van der Waals surface area contributed by atoms with Gasteiger partial charge in [-0.2, -0.15) is 5.26 Å². The van der Waals surface area contributed by atoms with Gasteiger partial charge in [-0.05, 0) is 6.92 Å². The first-order valence-corrected chi connectivity index (χ1v) is 3.64. The molecule has 1 atom stereocenters. The molecule has 0 aliphatic heterocycles. The van der Waals surface area contributed by atoms with Gasteiger partial charge in [0.05, 0.1) is 13.2 Å². The van der Waals surface area contributed by atoms with Crippen molar-refractivity contribution in [2.75, 3.05) is 13.2 Å². The van der Waals surface area contributed by atoms with E-state index in [0.717, 1.165) is 0 Å². The molecule has 72 valence electrons. The molecular weight excluding hydrogens is 174 g/mol. The van der Waals surface area contributed by atoms with Gasteiger partial charge >= 0.3 is 5.97 Å². The Bertz CT molecular complexity index is 231. The second-order valence-corrected chi connectivity index (χ2v) is 2.16. The van der Waals surface area contributed by atoms with E-state index in [0.29, 0.717) is 0 Å². The van der Waals surface area contributed by atoms with Gasteiger partial charge in [0.1, 0.15) is 11.6 Å². The summed E-state index contributed by atoms with van der Waals surface area (Å²) >= 11 is 0. The molecule has 0 aromatic heterocycles. The van der Waals surface area contributed by atoms with Crippen molar-refractivity contribution in [1.29, 1.82) is 5.26 Å². The van der Waals surface area contributed by atoms with Crippen LogP contribution in [0.3, 0.4) is 0 Å². The van der Waals surface area contributed by atoms with E-state index in [1.165, 1.54) is 6.92 Å². The summed E-state index contributed by atoms with van der Waals surface area (Å²) in [5, 5.41) is 16.6. The third-order valence-corrected chi connectivity index (χ3v) is 1.10. The van der Waals surface area contributed by atoms with Crippen LogP contribution in [0.1, 0.15) is 6.92 Å². The number of aliphatic hydroxyl groups is 1. The lowest BCUT2D eigenvalue weighted by Crippen LogP contribution is -2.20. The molecule has 0 spiro atoms. The largest absolute Gasteiger partial charge is 0.432 e. The van der Waals surface area contributed by atoms with Gasteiger partial charge in [-0.15, -0.1) is 0 Å². The minimum Gasteiger partial charge on any atom is -0.432 e. The number of carbonyl (C=O) groups excluding carboxylic acids is 1. The molecule has 5 nitrogen and oxygen atoms in total. The van der Waals surface area contributed by atoms with Crippen LogP contribution < -0.4 is 0 Å². The second-order valence-electron chi connectivity index (χ2n) is 2.16. The fourth-order valence-corrected chi connectivity index (χ4v) is 0.520. The molecule has 13 heavy (non-hydrogen) atoms. The van der Waals surface area contributed by atoms with Gasteiger partial charge in [0.15, 0.2) is 0 Å². The van der Waals surface area contributed by atoms with Gasteiger partial charge in [0.25, 0.3) is 0 Å². The summed E-state index contributed by atoms with van der Waals surface area (Å²) in [7, 11) is 0. The zero-order valence-electron chi connectivity index (χ0n) is 7.32. The van der Waals surface area contributed by atoms with Crippen LogP contribution in [-0.4, -0.2) is 30.6 Å². The minimum atomic E-state index is -0.812. The van der Waals surface area contributed by atoms with Crippen molar-refractivity contribution >= 4 is 5.97 Å². The SMILES string of the molecule is C=C(C#N)C(=O)OC(C)OCCO. The first-order chi connectivity index (χ1) is 6.11. The second kappa shape index (κ2) is 6.17. The number of carbonyl (C=O) groups is 1. The van der Waals surface area contributed by atoms with Gasteiger partial charge < -0.3 is 14.6 Å². The number of esters is 1. The van der Waals surface area contributed by atoms with E-state index in [2.05, 4.69) is 11.3 Å². The lowest BCUT2D eigenvalue weighted by Gasteiger charge is -2.12. The Morgan fingerprint density at radius 3 is 2.85 bits per heavy atom. The molecule has 0 aromatic rings. The summed E-state index contributed by atoms with van der Waals surface area (Å²) in [6, 6.07) is 1.55. The Labute approximate surface area is 76.2 Å². The summed E-state index contributed by atoms with van der Waals surface area (Å²) in [6.07, 6.45) is -0.787. The van der Waals surface area contributed by atoms with E-state index in [4.69, 9.17) is 15.1 Å². The van der Waals surface area contributed by atoms with Crippen LogP contribution in [0.5, 0.6) is 0 Å². The first kappa shape index (κ1) is 11.6. The summed E-state index contributed by atoms with van der Waals surface area (Å²) in [5.41, 5.74) is -0.278. The highest BCUT2D eigenvalue weighted by Gasteiger charge is 2.12. The highest BCUT2D eigenvalue weighted by Crippen LogP contribution is 1.99. The molecule has 5 heteroatoms. The number of aliphatic hydroxyl groups excluding tert-OH is 1. The van der Waals surface area contributed by atoms with Crippen LogP contribution in [0.25, 0.3) is 0 Å². The lowest BCUT2D eigenvalue weighted by molar-refractivity contribution is -0.171. The Morgan fingerprint density at radius 1 is 1.77 bits per heavy atom. The molecule has 0 saturated carbocycles. The molecule has 0 fully saturated rings. The fraction of sp³-hybridized carbons (Fsp3) is 0.500. The summed E-state index contributed by atoms with van der Waals surface area (Å²) < 4.78 is 9.42. The molecule has 0 saturated heterocycles. The molecule has 1 unspecified atom stereocenters. The van der Waals surface area contributed by atoms with Crippen LogP contribution in [0.2, 0.25) is 0 Å². The Kier molecular flexibility index (Phi) is 5.52. The number of ether oxygens (including phenoxy) is 2. The number of nitrogens with zero attached hydrogens (tertiary/aromatic N) is 1. The number of nitriles is 1. The quantitative estimate of drug-likeness (QED) is 0.281. The normalized spacial score (nSPS) is 11.5. The van der Waals surface area contributed by atoms with Crippen LogP contribution in [0, 0.1) is 11.3 Å². The fourth-order valence-electron chi connectivity index (χ4n) is 0.520. The maximum Gasteiger partial charge on any atom is 0.350 e. The van der Waals surface area contributed by atoms with Crippen molar-refractivity contribution in [3.8, 4) is 6.07 Å². The summed E-state index contributed by atoms with van der Waals surface area (Å²) in [6.45, 7) is 4.58. The monoisotopic (exact) mass is 185 g/mol. The van der Waals surface area contributed by atoms with E-state index in [9.17, 15) is 4.79 Å². The van der Waals surface area contributed by atoms with Crippen LogP contribution in [0.4, 0.5) is 0 Å². The summed E-state index contributed by atoms with van der Waals surface area (Å²) in [4.78, 5) is 10.9. The highest BCUT2D eigenvalue weighted by molar-refractivity contribution is 5.91. The van der Waals surface area contributed by atoms with Crippen molar-refractivity contribution in [1.82, 2.24) is 0 Å². The smallest absolute Gasteiger partial charge is 0.350 e. The molecule has 0 bridgehead atoms. The first-order valence-electron chi connectivity index (χ1n) is 3.64. The lowest BCUT2D eigenvalue weighted by atomic mass is 10.3. The number of hydrogen-bond acceptors (Lipinski definition) is 5.